The molecule has 198 valence electrons. The highest BCUT2D eigenvalue weighted by Crippen LogP contribution is 2.37. The van der Waals surface area contributed by atoms with Crippen molar-refractivity contribution in [1.82, 2.24) is 4.57 Å². The van der Waals surface area contributed by atoms with Gasteiger partial charge in [-0.1, -0.05) is 41.2 Å². The van der Waals surface area contributed by atoms with Crippen LogP contribution >= 0.6 is 27.3 Å². The number of nitrogens with zero attached hydrogens (tertiary/aromatic N) is 2. The van der Waals surface area contributed by atoms with E-state index in [0.717, 1.165) is 11.1 Å². The smallest absolute Gasteiger partial charge is 0.338 e. The van der Waals surface area contributed by atoms with E-state index in [0.29, 0.717) is 43.0 Å². The van der Waals surface area contributed by atoms with Gasteiger partial charge in [-0.3, -0.25) is 14.2 Å². The molecule has 1 aromatic heterocycles. The normalized spacial score (nSPS) is 15.1. The first kappa shape index (κ1) is 27.5. The lowest BCUT2D eigenvalue weighted by atomic mass is 9.95. The second-order valence-electron chi connectivity index (χ2n) is 8.57. The van der Waals surface area contributed by atoms with Gasteiger partial charge in [0.25, 0.3) is 5.56 Å². The summed E-state index contributed by atoms with van der Waals surface area (Å²) in [5, 5.41) is 0. The average molecular weight is 600 g/mol. The molecule has 0 saturated heterocycles. The van der Waals surface area contributed by atoms with Crippen molar-refractivity contribution in [2.75, 3.05) is 13.2 Å². The zero-order valence-electron chi connectivity index (χ0n) is 21.7. The lowest BCUT2D eigenvalue weighted by Gasteiger charge is -2.24. The molecule has 0 N–H and O–H groups in total. The number of rotatable bonds is 7. The van der Waals surface area contributed by atoms with Crippen LogP contribution in [0.4, 0.5) is 0 Å². The Hall–Kier alpha value is -3.50. The van der Waals surface area contributed by atoms with Crippen LogP contribution in [0.3, 0.4) is 0 Å². The van der Waals surface area contributed by atoms with E-state index in [-0.39, 0.29) is 17.9 Å². The number of carbonyl (C=O) groups excluding carboxylic acids is 2. The highest BCUT2D eigenvalue weighted by Gasteiger charge is 2.33. The summed E-state index contributed by atoms with van der Waals surface area (Å²) < 4.78 is 18.8. The molecule has 0 saturated carbocycles. The second-order valence-corrected chi connectivity index (χ2v) is 10.4. The zero-order chi connectivity index (χ0) is 27.6. The number of thiazole rings is 1. The summed E-state index contributed by atoms with van der Waals surface area (Å²) >= 11 is 4.67. The molecule has 38 heavy (non-hydrogen) atoms. The highest BCUT2D eigenvalue weighted by atomic mass is 79.9. The van der Waals surface area contributed by atoms with E-state index in [2.05, 4.69) is 20.9 Å². The number of carbonyl (C=O) groups is 2. The van der Waals surface area contributed by atoms with E-state index in [1.807, 2.05) is 38.1 Å². The number of halogens is 1. The van der Waals surface area contributed by atoms with E-state index >= 15 is 0 Å². The van der Waals surface area contributed by atoms with Crippen LogP contribution in [0, 0.1) is 6.92 Å². The van der Waals surface area contributed by atoms with Crippen molar-refractivity contribution >= 4 is 45.3 Å². The average Bonchev–Trinajstić information content (AvgIpc) is 3.15. The molecule has 1 aliphatic rings. The standard InChI is InChI=1S/C28H27BrN2O6S/c1-6-35-21-13-18(12-20(29)25(21)37-17(5)32)14-22-26(33)31-24(19-10-8-15(3)9-11-19)23(27(34)36-7-2)16(4)30-28(31)38-22/h8-14,24H,6-7H2,1-5H3/b22-14-/t24-/m0/s1. The number of hydrogen-bond donors (Lipinski definition) is 0. The molecule has 2 aromatic carbocycles. The molecule has 8 nitrogen and oxygen atoms in total. The summed E-state index contributed by atoms with van der Waals surface area (Å²) in [7, 11) is 0. The highest BCUT2D eigenvalue weighted by molar-refractivity contribution is 9.10. The molecule has 0 fully saturated rings. The second kappa shape index (κ2) is 11.5. The first-order valence-corrected chi connectivity index (χ1v) is 13.7. The Labute approximate surface area is 232 Å². The molecular formula is C28H27BrN2O6S. The Morgan fingerprint density at radius 2 is 1.84 bits per heavy atom. The number of aromatic nitrogens is 1. The SMILES string of the molecule is CCOC(=O)C1=C(C)N=c2s/c(=C\c3cc(Br)c(OC(C)=O)c(OCC)c3)c(=O)n2[C@H]1c1ccc(C)cc1. The number of hydrogen-bond acceptors (Lipinski definition) is 8. The fraction of sp³-hybridized carbons (Fsp3) is 0.286. The number of ether oxygens (including phenoxy) is 3. The van der Waals surface area contributed by atoms with Crippen molar-refractivity contribution in [2.45, 2.75) is 40.7 Å². The van der Waals surface area contributed by atoms with Crippen LogP contribution in [0.1, 0.15) is 50.4 Å². The largest absolute Gasteiger partial charge is 0.490 e. The van der Waals surface area contributed by atoms with Crippen LogP contribution in [0.2, 0.25) is 0 Å². The first-order valence-electron chi connectivity index (χ1n) is 12.1. The van der Waals surface area contributed by atoms with Gasteiger partial charge in [0.2, 0.25) is 0 Å². The topological polar surface area (TPSA) is 96.2 Å². The van der Waals surface area contributed by atoms with Crippen LogP contribution in [-0.2, 0) is 14.3 Å². The van der Waals surface area contributed by atoms with E-state index in [1.54, 1.807) is 36.6 Å². The Morgan fingerprint density at radius 3 is 2.47 bits per heavy atom. The van der Waals surface area contributed by atoms with Crippen LogP contribution in [-0.4, -0.2) is 29.7 Å². The minimum atomic E-state index is -0.676. The van der Waals surface area contributed by atoms with Crippen molar-refractivity contribution < 1.29 is 23.8 Å². The Balaban J connectivity index is 1.91. The molecule has 1 aliphatic heterocycles. The molecule has 4 rings (SSSR count). The Kier molecular flexibility index (Phi) is 8.32. The minimum Gasteiger partial charge on any atom is -0.490 e. The van der Waals surface area contributed by atoms with Crippen LogP contribution < -0.4 is 24.4 Å². The van der Waals surface area contributed by atoms with Gasteiger partial charge in [0, 0.05) is 6.92 Å². The molecule has 10 heteroatoms. The maximum atomic E-state index is 13.8. The third kappa shape index (κ3) is 5.51. The summed E-state index contributed by atoms with van der Waals surface area (Å²) in [6.07, 6.45) is 1.73. The lowest BCUT2D eigenvalue weighted by Crippen LogP contribution is -2.39. The van der Waals surface area contributed by atoms with E-state index < -0.39 is 18.0 Å². The fourth-order valence-corrected chi connectivity index (χ4v) is 5.77. The molecule has 2 heterocycles. The molecule has 0 radical (unpaired) electrons. The molecule has 1 atom stereocenters. The summed E-state index contributed by atoms with van der Waals surface area (Å²) in [5.74, 6) is -0.336. The van der Waals surface area contributed by atoms with Gasteiger partial charge in [-0.25, -0.2) is 9.79 Å². The molecule has 0 unspecified atom stereocenters. The molecule has 0 bridgehead atoms. The summed E-state index contributed by atoms with van der Waals surface area (Å²) in [6, 6.07) is 10.5. The lowest BCUT2D eigenvalue weighted by molar-refractivity contribution is -0.139. The fourth-order valence-electron chi connectivity index (χ4n) is 4.18. The summed E-state index contributed by atoms with van der Waals surface area (Å²) in [5.41, 5.74) is 3.07. The summed E-state index contributed by atoms with van der Waals surface area (Å²) in [6.45, 7) is 9.18. The van der Waals surface area contributed by atoms with Gasteiger partial charge in [0.15, 0.2) is 16.3 Å². The monoisotopic (exact) mass is 598 g/mol. The van der Waals surface area contributed by atoms with Crippen molar-refractivity contribution in [3.05, 3.63) is 88.5 Å². The van der Waals surface area contributed by atoms with Crippen LogP contribution in [0.25, 0.3) is 6.08 Å². The van der Waals surface area contributed by atoms with Gasteiger partial charge in [-0.15, -0.1) is 0 Å². The Bertz CT molecular complexity index is 1620. The number of benzene rings is 2. The minimum absolute atomic E-state index is 0.209. The number of esters is 2. The summed E-state index contributed by atoms with van der Waals surface area (Å²) in [4.78, 5) is 43.5. The van der Waals surface area contributed by atoms with Gasteiger partial charge < -0.3 is 14.2 Å². The maximum Gasteiger partial charge on any atom is 0.338 e. The number of allylic oxidation sites excluding steroid dienone is 1. The Morgan fingerprint density at radius 1 is 1.13 bits per heavy atom. The maximum absolute atomic E-state index is 13.8. The van der Waals surface area contributed by atoms with Gasteiger partial charge in [0.05, 0.1) is 39.5 Å². The van der Waals surface area contributed by atoms with E-state index in [1.165, 1.54) is 18.3 Å². The predicted octanol–water partition coefficient (Wildman–Crippen LogP) is 4.19. The van der Waals surface area contributed by atoms with Crippen molar-refractivity contribution in [3.63, 3.8) is 0 Å². The molecular weight excluding hydrogens is 572 g/mol. The van der Waals surface area contributed by atoms with E-state index in [9.17, 15) is 14.4 Å². The third-order valence-electron chi connectivity index (χ3n) is 5.79. The van der Waals surface area contributed by atoms with Gasteiger partial charge in [-0.05, 0) is 73.0 Å². The third-order valence-corrected chi connectivity index (χ3v) is 7.36. The number of aryl methyl sites for hydroxylation is 1. The van der Waals surface area contributed by atoms with Crippen LogP contribution in [0.5, 0.6) is 11.5 Å². The van der Waals surface area contributed by atoms with Gasteiger partial charge in [-0.2, -0.15) is 0 Å². The van der Waals surface area contributed by atoms with Gasteiger partial charge >= 0.3 is 11.9 Å². The first-order chi connectivity index (χ1) is 18.1. The zero-order valence-corrected chi connectivity index (χ0v) is 24.1. The molecule has 3 aromatic rings. The van der Waals surface area contributed by atoms with Crippen molar-refractivity contribution in [1.29, 1.82) is 0 Å². The molecule has 0 spiro atoms. The van der Waals surface area contributed by atoms with Gasteiger partial charge in [0.1, 0.15) is 0 Å². The van der Waals surface area contributed by atoms with E-state index in [4.69, 9.17) is 14.2 Å². The van der Waals surface area contributed by atoms with Crippen molar-refractivity contribution in [3.8, 4) is 11.5 Å². The quantitative estimate of drug-likeness (QED) is 0.299. The molecule has 0 aliphatic carbocycles. The molecule has 0 amide bonds. The predicted molar refractivity (Wildman–Crippen MR) is 148 cm³/mol. The van der Waals surface area contributed by atoms with Crippen LogP contribution in [0.15, 0.2) is 61.9 Å². The van der Waals surface area contributed by atoms with Crippen molar-refractivity contribution in [2.24, 2.45) is 4.99 Å². The number of fused-ring (bicyclic) bond motifs is 1.